The van der Waals surface area contributed by atoms with Crippen molar-refractivity contribution in [2.24, 2.45) is 0 Å². The molecule has 1 rings (SSSR count). The summed E-state index contributed by atoms with van der Waals surface area (Å²) in [5, 5.41) is 18.6. The topological polar surface area (TPSA) is 111 Å². The fourth-order valence-corrected chi connectivity index (χ4v) is 2.18. The monoisotopic (exact) mass is 292 g/mol. The molecule has 1 saturated heterocycles. The van der Waals surface area contributed by atoms with Gasteiger partial charge in [-0.05, 0) is 13.0 Å². The molecule has 0 N–H and O–H groups in total. The molecule has 1 heterocycles. The molecule has 1 unspecified atom stereocenters. The van der Waals surface area contributed by atoms with E-state index in [9.17, 15) is 20.2 Å². The maximum atomic E-state index is 10.4. The summed E-state index contributed by atoms with van der Waals surface area (Å²) in [6, 6.07) is 0. The summed E-state index contributed by atoms with van der Waals surface area (Å²) >= 11 is 0. The van der Waals surface area contributed by atoms with Crippen molar-refractivity contribution < 1.29 is 19.8 Å². The van der Waals surface area contributed by atoms with E-state index < -0.39 is 22.9 Å². The van der Waals surface area contributed by atoms with Gasteiger partial charge in [0.05, 0.1) is 0 Å². The van der Waals surface area contributed by atoms with Gasteiger partial charge in [0, 0.05) is 32.7 Å². The van der Waals surface area contributed by atoms with Gasteiger partial charge in [-0.3, -0.25) is 4.90 Å². The van der Waals surface area contributed by atoms with Gasteiger partial charge in [0.25, 0.3) is 10.2 Å². The second-order valence-corrected chi connectivity index (χ2v) is 4.61. The van der Waals surface area contributed by atoms with Gasteiger partial charge in [-0.15, -0.1) is 20.2 Å². The molecule has 0 amide bonds. The van der Waals surface area contributed by atoms with Crippen molar-refractivity contribution in [3.8, 4) is 0 Å². The Kier molecular flexibility index (Phi) is 6.94. The standard InChI is InChI=1S/C10H20N4O6/c1-2-3-11-4-6-12(7-5-11)8-10(20-14(17)18)9-19-13(15)16/h10H,2-9H2,1H3. The Labute approximate surface area is 116 Å². The van der Waals surface area contributed by atoms with Gasteiger partial charge in [-0.2, -0.15) is 0 Å². The van der Waals surface area contributed by atoms with E-state index in [0.717, 1.165) is 39.1 Å². The smallest absolute Gasteiger partial charge is 0.294 e. The maximum Gasteiger partial charge on any atom is 0.294 e. The van der Waals surface area contributed by atoms with Crippen LogP contribution in [0.4, 0.5) is 0 Å². The van der Waals surface area contributed by atoms with E-state index in [1.54, 1.807) is 0 Å². The number of nitrogens with zero attached hydrogens (tertiary/aromatic N) is 4. The first-order chi connectivity index (χ1) is 9.51. The van der Waals surface area contributed by atoms with Crippen LogP contribution in [0.25, 0.3) is 0 Å². The lowest BCUT2D eigenvalue weighted by Gasteiger charge is -2.35. The second kappa shape index (κ2) is 8.48. The molecular formula is C10H20N4O6. The van der Waals surface area contributed by atoms with Gasteiger partial charge < -0.3 is 14.6 Å². The molecule has 20 heavy (non-hydrogen) atoms. The molecule has 10 nitrogen and oxygen atoms in total. The Morgan fingerprint density at radius 1 is 1.10 bits per heavy atom. The number of rotatable bonds is 9. The van der Waals surface area contributed by atoms with Crippen LogP contribution in [0.15, 0.2) is 0 Å². The molecule has 1 fully saturated rings. The molecule has 10 heteroatoms. The molecule has 116 valence electrons. The Bertz CT molecular complexity index is 321. The van der Waals surface area contributed by atoms with Crippen LogP contribution in [0, 0.1) is 20.2 Å². The first kappa shape index (κ1) is 16.4. The minimum atomic E-state index is -0.977. The average molecular weight is 292 g/mol. The highest BCUT2D eigenvalue weighted by atomic mass is 17.0. The van der Waals surface area contributed by atoms with Gasteiger partial charge in [0.1, 0.15) is 12.7 Å². The van der Waals surface area contributed by atoms with Crippen molar-refractivity contribution in [3.05, 3.63) is 20.2 Å². The third kappa shape index (κ3) is 6.48. The van der Waals surface area contributed by atoms with Crippen LogP contribution in [0.1, 0.15) is 13.3 Å². The highest BCUT2D eigenvalue weighted by Crippen LogP contribution is 2.06. The van der Waals surface area contributed by atoms with E-state index >= 15 is 0 Å². The molecule has 1 aliphatic heterocycles. The van der Waals surface area contributed by atoms with E-state index in [4.69, 9.17) is 0 Å². The van der Waals surface area contributed by atoms with Crippen LogP contribution in [-0.2, 0) is 9.68 Å². The third-order valence-corrected chi connectivity index (χ3v) is 3.07. The third-order valence-electron chi connectivity index (χ3n) is 3.07. The van der Waals surface area contributed by atoms with Crippen LogP contribution < -0.4 is 0 Å². The molecule has 0 aromatic carbocycles. The summed E-state index contributed by atoms with van der Waals surface area (Å²) in [7, 11) is 0. The zero-order valence-electron chi connectivity index (χ0n) is 11.5. The lowest BCUT2D eigenvalue weighted by Crippen LogP contribution is -2.49. The van der Waals surface area contributed by atoms with E-state index in [1.807, 2.05) is 4.90 Å². The molecule has 0 bridgehead atoms. The Balaban J connectivity index is 2.37. The molecule has 0 aliphatic carbocycles. The average Bonchev–Trinajstić information content (AvgIpc) is 2.38. The van der Waals surface area contributed by atoms with Crippen molar-refractivity contribution in [3.63, 3.8) is 0 Å². The van der Waals surface area contributed by atoms with Gasteiger partial charge in [0.2, 0.25) is 0 Å². The first-order valence-electron chi connectivity index (χ1n) is 6.54. The molecule has 0 radical (unpaired) electrons. The molecule has 0 aromatic rings. The second-order valence-electron chi connectivity index (χ2n) is 4.61. The Morgan fingerprint density at radius 3 is 2.20 bits per heavy atom. The van der Waals surface area contributed by atoms with E-state index in [2.05, 4.69) is 21.5 Å². The highest BCUT2D eigenvalue weighted by Gasteiger charge is 2.22. The molecular weight excluding hydrogens is 272 g/mol. The van der Waals surface area contributed by atoms with Crippen molar-refractivity contribution >= 4 is 0 Å². The van der Waals surface area contributed by atoms with E-state index in [-0.39, 0.29) is 6.54 Å². The zero-order valence-corrected chi connectivity index (χ0v) is 11.5. The van der Waals surface area contributed by atoms with Crippen LogP contribution in [0.3, 0.4) is 0 Å². The first-order valence-corrected chi connectivity index (χ1v) is 6.54. The van der Waals surface area contributed by atoms with Crippen molar-refractivity contribution in [2.75, 3.05) is 45.9 Å². The maximum absolute atomic E-state index is 10.4. The molecule has 0 saturated carbocycles. The van der Waals surface area contributed by atoms with Gasteiger partial charge in [-0.25, -0.2) is 0 Å². The summed E-state index contributed by atoms with van der Waals surface area (Å²) in [6.45, 7) is 6.24. The molecule has 1 aliphatic rings. The minimum Gasteiger partial charge on any atom is -0.312 e. The normalized spacial score (nSPS) is 18.4. The van der Waals surface area contributed by atoms with Gasteiger partial charge in [-0.1, -0.05) is 6.92 Å². The lowest BCUT2D eigenvalue weighted by atomic mass is 10.2. The van der Waals surface area contributed by atoms with E-state index in [1.165, 1.54) is 0 Å². The van der Waals surface area contributed by atoms with Gasteiger partial charge >= 0.3 is 0 Å². The van der Waals surface area contributed by atoms with Gasteiger partial charge in [0.15, 0.2) is 0 Å². The Morgan fingerprint density at radius 2 is 1.70 bits per heavy atom. The fourth-order valence-electron chi connectivity index (χ4n) is 2.18. The summed E-state index contributed by atoms with van der Waals surface area (Å²) in [5.74, 6) is 0. The van der Waals surface area contributed by atoms with E-state index in [0.29, 0.717) is 0 Å². The predicted molar refractivity (Wildman–Crippen MR) is 68.0 cm³/mol. The number of hydrogen-bond donors (Lipinski definition) is 0. The van der Waals surface area contributed by atoms with Crippen molar-refractivity contribution in [1.29, 1.82) is 0 Å². The summed E-state index contributed by atoms with van der Waals surface area (Å²) < 4.78 is 0. The molecule has 1 atom stereocenters. The van der Waals surface area contributed by atoms with Crippen LogP contribution in [-0.4, -0.2) is 72.0 Å². The van der Waals surface area contributed by atoms with Crippen molar-refractivity contribution in [1.82, 2.24) is 9.80 Å². The summed E-state index contributed by atoms with van der Waals surface area (Å²) in [6.07, 6.45) is 0.136. The lowest BCUT2D eigenvalue weighted by molar-refractivity contribution is -0.789. The fraction of sp³-hybridized carbons (Fsp3) is 1.00. The van der Waals surface area contributed by atoms with Crippen molar-refractivity contribution in [2.45, 2.75) is 19.4 Å². The summed E-state index contributed by atoms with van der Waals surface area (Å²) in [4.78, 5) is 33.4. The number of piperazine rings is 1. The number of hydrogen-bond acceptors (Lipinski definition) is 8. The van der Waals surface area contributed by atoms with Crippen LogP contribution in [0.2, 0.25) is 0 Å². The molecule has 0 aromatic heterocycles. The van der Waals surface area contributed by atoms with Crippen LogP contribution in [0.5, 0.6) is 0 Å². The zero-order chi connectivity index (χ0) is 15.0. The highest BCUT2D eigenvalue weighted by molar-refractivity contribution is 4.74. The minimum absolute atomic E-state index is 0.245. The predicted octanol–water partition coefficient (Wildman–Crippen LogP) is -0.201. The molecule has 0 spiro atoms. The van der Waals surface area contributed by atoms with Crippen LogP contribution >= 0.6 is 0 Å². The summed E-state index contributed by atoms with van der Waals surface area (Å²) in [5.41, 5.74) is 0. The largest absolute Gasteiger partial charge is 0.312 e. The SMILES string of the molecule is CCCN1CCN(CC(CO[N+](=O)[O-])O[N+](=O)[O-])CC1. The quantitative estimate of drug-likeness (QED) is 0.424. The Hall–Kier alpha value is -1.68.